The van der Waals surface area contributed by atoms with Crippen molar-refractivity contribution >= 4 is 18.3 Å². The largest absolute Gasteiger partial charge is 0.416 e. The van der Waals surface area contributed by atoms with Crippen LogP contribution in [-0.4, -0.2) is 30.4 Å². The lowest BCUT2D eigenvalue weighted by Gasteiger charge is -2.23. The number of nitrogens with zero attached hydrogens (tertiary/aromatic N) is 1. The lowest BCUT2D eigenvalue weighted by molar-refractivity contribution is -0.137. The molecule has 1 aromatic rings. The Morgan fingerprint density at radius 1 is 1.30 bits per heavy atom. The summed E-state index contributed by atoms with van der Waals surface area (Å²) < 4.78 is 37.1. The molecule has 0 bridgehead atoms. The molecule has 1 amide bonds. The van der Waals surface area contributed by atoms with Gasteiger partial charge in [0.25, 0.3) is 0 Å². The van der Waals surface area contributed by atoms with Gasteiger partial charge in [-0.15, -0.1) is 12.4 Å². The van der Waals surface area contributed by atoms with Gasteiger partial charge >= 0.3 is 6.18 Å². The molecule has 1 aromatic carbocycles. The number of rotatable bonds is 4. The van der Waals surface area contributed by atoms with Crippen molar-refractivity contribution in [1.29, 1.82) is 0 Å². The number of carbonyl (C=O) groups excluding carboxylic acids is 1. The predicted molar refractivity (Wildman–Crippen MR) is 73.7 cm³/mol. The summed E-state index contributed by atoms with van der Waals surface area (Å²) in [5.74, 6) is -0.169. The van der Waals surface area contributed by atoms with Crippen molar-refractivity contribution in [3.8, 4) is 0 Å². The van der Waals surface area contributed by atoms with E-state index in [1.54, 1.807) is 7.05 Å². The molecule has 114 valence electrons. The maximum absolute atomic E-state index is 12.4. The highest BCUT2D eigenvalue weighted by molar-refractivity contribution is 5.85. The highest BCUT2D eigenvalue weighted by Gasteiger charge is 2.30. The Kier molecular flexibility index (Phi) is 7.02. The molecular formula is C13H18ClF3N2O. The smallest absolute Gasteiger partial charge is 0.341 e. The molecule has 3 nitrogen and oxygen atoms in total. The molecule has 0 aliphatic rings. The Morgan fingerprint density at radius 3 is 2.20 bits per heavy atom. The summed E-state index contributed by atoms with van der Waals surface area (Å²) in [6.45, 7) is 2.15. The molecule has 0 fully saturated rings. The number of halogens is 4. The van der Waals surface area contributed by atoms with Crippen LogP contribution < -0.4 is 5.73 Å². The van der Waals surface area contributed by atoms with Gasteiger partial charge in [0.05, 0.1) is 12.0 Å². The van der Waals surface area contributed by atoms with Gasteiger partial charge in [-0.3, -0.25) is 4.79 Å². The van der Waals surface area contributed by atoms with Gasteiger partial charge in [-0.1, -0.05) is 12.1 Å². The fraction of sp³-hybridized carbons (Fsp3) is 0.462. The van der Waals surface area contributed by atoms with E-state index in [1.165, 1.54) is 17.0 Å². The Morgan fingerprint density at radius 2 is 1.80 bits per heavy atom. The van der Waals surface area contributed by atoms with Crippen LogP contribution in [0.3, 0.4) is 0 Å². The molecule has 1 rings (SSSR count). The zero-order chi connectivity index (χ0) is 14.6. The summed E-state index contributed by atoms with van der Waals surface area (Å²) in [6.07, 6.45) is -4.29. The number of benzene rings is 1. The normalized spacial score (nSPS) is 12.5. The number of nitrogens with two attached hydrogens (primary N) is 1. The van der Waals surface area contributed by atoms with E-state index in [-0.39, 0.29) is 30.8 Å². The topological polar surface area (TPSA) is 46.3 Å². The van der Waals surface area contributed by atoms with E-state index in [9.17, 15) is 18.0 Å². The van der Waals surface area contributed by atoms with Crippen LogP contribution in [0, 0.1) is 0 Å². The third-order valence-corrected chi connectivity index (χ3v) is 3.03. The average molecular weight is 311 g/mol. The molecule has 20 heavy (non-hydrogen) atoms. The first kappa shape index (κ1) is 18.7. The number of carbonyl (C=O) groups is 1. The zero-order valence-electron chi connectivity index (χ0n) is 11.3. The molecule has 0 heterocycles. The number of hydrogen-bond acceptors (Lipinski definition) is 2. The summed E-state index contributed by atoms with van der Waals surface area (Å²) in [4.78, 5) is 13.3. The van der Waals surface area contributed by atoms with Crippen LogP contribution in [0.4, 0.5) is 13.2 Å². The molecule has 1 unspecified atom stereocenters. The first-order valence-electron chi connectivity index (χ1n) is 5.87. The Balaban J connectivity index is 0.00000361. The lowest BCUT2D eigenvalue weighted by atomic mass is 10.1. The highest BCUT2D eigenvalue weighted by Crippen LogP contribution is 2.29. The van der Waals surface area contributed by atoms with Crippen LogP contribution in [0.15, 0.2) is 24.3 Å². The van der Waals surface area contributed by atoms with Gasteiger partial charge < -0.3 is 10.6 Å². The molecule has 7 heteroatoms. The summed E-state index contributed by atoms with van der Waals surface area (Å²) in [6, 6.07) is 4.51. The number of likely N-dealkylation sites (N-methyl/N-ethyl adjacent to an activating group) is 1. The van der Waals surface area contributed by atoms with E-state index in [0.717, 1.165) is 12.1 Å². The molecular weight excluding hydrogens is 293 g/mol. The second-order valence-electron chi connectivity index (χ2n) is 4.46. The van der Waals surface area contributed by atoms with Gasteiger partial charge in [-0.25, -0.2) is 0 Å². The van der Waals surface area contributed by atoms with Crippen LogP contribution in [0.25, 0.3) is 0 Å². The van der Waals surface area contributed by atoms with Gasteiger partial charge in [-0.05, 0) is 24.6 Å². The highest BCUT2D eigenvalue weighted by atomic mass is 35.5. The molecule has 2 N–H and O–H groups in total. The van der Waals surface area contributed by atoms with E-state index in [0.29, 0.717) is 12.1 Å². The standard InChI is InChI=1S/C13H17F3N2O.ClH/c1-9(8-17)18(2)12(19)7-10-3-5-11(6-4-10)13(14,15)16;/h3-6,9H,7-8,17H2,1-2H3;1H. The minimum absolute atomic E-state index is 0. The molecule has 0 aromatic heterocycles. The first-order chi connectivity index (χ1) is 8.75. The van der Waals surface area contributed by atoms with Crippen LogP contribution in [0.1, 0.15) is 18.1 Å². The van der Waals surface area contributed by atoms with Crippen LogP contribution in [-0.2, 0) is 17.4 Å². The Bertz CT molecular complexity index is 434. The second-order valence-corrected chi connectivity index (χ2v) is 4.46. The monoisotopic (exact) mass is 310 g/mol. The van der Waals surface area contributed by atoms with Crippen molar-refractivity contribution in [2.75, 3.05) is 13.6 Å². The van der Waals surface area contributed by atoms with E-state index in [4.69, 9.17) is 5.73 Å². The quantitative estimate of drug-likeness (QED) is 0.928. The zero-order valence-corrected chi connectivity index (χ0v) is 12.1. The summed E-state index contributed by atoms with van der Waals surface area (Å²) in [5.41, 5.74) is 5.29. The molecule has 0 saturated heterocycles. The van der Waals surface area contributed by atoms with E-state index >= 15 is 0 Å². The fourth-order valence-electron chi connectivity index (χ4n) is 1.51. The minimum atomic E-state index is -4.35. The molecule has 0 saturated carbocycles. The first-order valence-corrected chi connectivity index (χ1v) is 5.87. The van der Waals surface area contributed by atoms with Crippen molar-refractivity contribution in [3.05, 3.63) is 35.4 Å². The predicted octanol–water partition coefficient (Wildman–Crippen LogP) is 2.48. The van der Waals surface area contributed by atoms with E-state index < -0.39 is 11.7 Å². The molecule has 0 radical (unpaired) electrons. The van der Waals surface area contributed by atoms with Crippen molar-refractivity contribution in [1.82, 2.24) is 4.90 Å². The van der Waals surface area contributed by atoms with Crippen molar-refractivity contribution in [2.24, 2.45) is 5.73 Å². The molecule has 1 atom stereocenters. The molecule has 0 aliphatic carbocycles. The maximum atomic E-state index is 12.4. The van der Waals surface area contributed by atoms with Gasteiger partial charge in [0, 0.05) is 19.6 Å². The van der Waals surface area contributed by atoms with Crippen LogP contribution >= 0.6 is 12.4 Å². The summed E-state index contributed by atoms with van der Waals surface area (Å²) in [7, 11) is 1.63. The van der Waals surface area contributed by atoms with Crippen molar-refractivity contribution in [2.45, 2.75) is 25.6 Å². The van der Waals surface area contributed by atoms with Gasteiger partial charge in [0.2, 0.25) is 5.91 Å². The average Bonchev–Trinajstić information content (AvgIpc) is 2.36. The Labute approximate surface area is 122 Å². The fourth-order valence-corrected chi connectivity index (χ4v) is 1.51. The number of alkyl halides is 3. The van der Waals surface area contributed by atoms with E-state index in [2.05, 4.69) is 0 Å². The second kappa shape index (κ2) is 7.50. The minimum Gasteiger partial charge on any atom is -0.341 e. The third-order valence-electron chi connectivity index (χ3n) is 3.03. The van der Waals surface area contributed by atoms with Gasteiger partial charge in [-0.2, -0.15) is 13.2 Å². The lowest BCUT2D eigenvalue weighted by Crippen LogP contribution is -2.40. The van der Waals surface area contributed by atoms with Crippen molar-refractivity contribution in [3.63, 3.8) is 0 Å². The molecule has 0 aliphatic heterocycles. The van der Waals surface area contributed by atoms with Crippen LogP contribution in [0.2, 0.25) is 0 Å². The van der Waals surface area contributed by atoms with Gasteiger partial charge in [0.15, 0.2) is 0 Å². The van der Waals surface area contributed by atoms with Crippen molar-refractivity contribution < 1.29 is 18.0 Å². The summed E-state index contributed by atoms with van der Waals surface area (Å²) in [5, 5.41) is 0. The number of hydrogen-bond donors (Lipinski definition) is 1. The maximum Gasteiger partial charge on any atom is 0.416 e. The van der Waals surface area contributed by atoms with Crippen LogP contribution in [0.5, 0.6) is 0 Å². The van der Waals surface area contributed by atoms with E-state index in [1.807, 2.05) is 6.92 Å². The third kappa shape index (κ3) is 5.02. The SMILES string of the molecule is CC(CN)N(C)C(=O)Cc1ccc(C(F)(F)F)cc1.Cl. The Hall–Kier alpha value is -1.27. The van der Waals surface area contributed by atoms with Gasteiger partial charge in [0.1, 0.15) is 0 Å². The number of amides is 1. The molecule has 0 spiro atoms. The summed E-state index contributed by atoms with van der Waals surface area (Å²) >= 11 is 0.